The molecule has 0 fully saturated rings. The highest BCUT2D eigenvalue weighted by Crippen LogP contribution is 2.14. The minimum Gasteiger partial charge on any atom is -0.467 e. The van der Waals surface area contributed by atoms with Crippen molar-refractivity contribution in [2.45, 2.75) is 26.9 Å². The van der Waals surface area contributed by atoms with Gasteiger partial charge >= 0.3 is 0 Å². The fraction of sp³-hybridized carbons (Fsp3) is 0.421. The molecule has 0 aliphatic carbocycles. The summed E-state index contributed by atoms with van der Waals surface area (Å²) < 4.78 is 10.7. The Bertz CT molecular complexity index is 590. The number of carbonyl (C=O) groups excluding carboxylic acids is 1. The first-order valence-corrected chi connectivity index (χ1v) is 8.48. The fourth-order valence-corrected chi connectivity index (χ4v) is 2.46. The van der Waals surface area contributed by atoms with Crippen molar-refractivity contribution in [1.29, 1.82) is 0 Å². The Morgan fingerprint density at radius 1 is 1.17 bits per heavy atom. The number of hydrogen-bond donors (Lipinski definition) is 1. The molecule has 5 nitrogen and oxygen atoms in total. The second-order valence-corrected chi connectivity index (χ2v) is 5.46. The number of furan rings is 1. The van der Waals surface area contributed by atoms with E-state index in [2.05, 4.69) is 24.1 Å². The van der Waals surface area contributed by atoms with Crippen LogP contribution >= 0.6 is 0 Å². The van der Waals surface area contributed by atoms with Crippen molar-refractivity contribution in [2.75, 3.05) is 31.1 Å². The number of hydrogen-bond acceptors (Lipinski definition) is 4. The second-order valence-electron chi connectivity index (χ2n) is 5.46. The minimum atomic E-state index is -0.0490. The van der Waals surface area contributed by atoms with Crippen LogP contribution in [0, 0.1) is 0 Å². The number of rotatable bonds is 10. The maximum absolute atomic E-state index is 12.1. The van der Waals surface area contributed by atoms with Gasteiger partial charge in [0.05, 0.1) is 6.26 Å². The van der Waals surface area contributed by atoms with Crippen molar-refractivity contribution >= 4 is 11.6 Å². The molecule has 0 unspecified atom stereocenters. The van der Waals surface area contributed by atoms with Gasteiger partial charge in [-0.15, -0.1) is 0 Å². The summed E-state index contributed by atoms with van der Waals surface area (Å²) in [5.41, 5.74) is 1.82. The lowest BCUT2D eigenvalue weighted by molar-refractivity contribution is 0.0917. The molecule has 5 heteroatoms. The molecule has 1 heterocycles. The Hall–Kier alpha value is -2.27. The highest BCUT2D eigenvalue weighted by molar-refractivity contribution is 5.94. The Morgan fingerprint density at radius 2 is 1.92 bits per heavy atom. The molecule has 1 aromatic carbocycles. The van der Waals surface area contributed by atoms with Crippen molar-refractivity contribution in [1.82, 2.24) is 5.32 Å². The molecule has 0 saturated carbocycles. The fourth-order valence-electron chi connectivity index (χ4n) is 2.46. The molecule has 130 valence electrons. The van der Waals surface area contributed by atoms with Crippen LogP contribution in [0.3, 0.4) is 0 Å². The van der Waals surface area contributed by atoms with Gasteiger partial charge in [0.1, 0.15) is 12.4 Å². The lowest BCUT2D eigenvalue weighted by atomic mass is 10.2. The van der Waals surface area contributed by atoms with Crippen molar-refractivity contribution in [3.63, 3.8) is 0 Å². The van der Waals surface area contributed by atoms with Crippen LogP contribution in [0.25, 0.3) is 0 Å². The molecule has 0 aliphatic rings. The lowest BCUT2D eigenvalue weighted by Gasteiger charge is -2.21. The molecule has 2 aromatic rings. The number of nitrogens with zero attached hydrogens (tertiary/aromatic N) is 1. The van der Waals surface area contributed by atoms with E-state index in [4.69, 9.17) is 9.15 Å². The summed E-state index contributed by atoms with van der Waals surface area (Å²) in [6.45, 7) is 7.81. The third-order valence-corrected chi connectivity index (χ3v) is 3.83. The quantitative estimate of drug-likeness (QED) is 0.678. The molecule has 1 amide bonds. The molecule has 24 heavy (non-hydrogen) atoms. The summed E-state index contributed by atoms with van der Waals surface area (Å²) in [4.78, 5) is 14.4. The standard InChI is InChI=1S/C19H26N2O3/c1-3-21(4-2)17-10-8-16(9-11-17)19(22)20-12-6-13-23-15-18-7-5-14-24-18/h5,7-11,14H,3-4,6,12-13,15H2,1-2H3,(H,20,22). The first-order chi connectivity index (χ1) is 11.7. The smallest absolute Gasteiger partial charge is 0.251 e. The first-order valence-electron chi connectivity index (χ1n) is 8.48. The van der Waals surface area contributed by atoms with Crippen molar-refractivity contribution in [3.8, 4) is 0 Å². The van der Waals surface area contributed by atoms with Gasteiger partial charge in [-0.1, -0.05) is 0 Å². The minimum absolute atomic E-state index is 0.0490. The Morgan fingerprint density at radius 3 is 2.54 bits per heavy atom. The van der Waals surface area contributed by atoms with Crippen molar-refractivity contribution in [2.24, 2.45) is 0 Å². The molecule has 0 spiro atoms. The van der Waals surface area contributed by atoms with E-state index in [1.165, 1.54) is 0 Å². The Labute approximate surface area is 143 Å². The molecule has 1 aromatic heterocycles. The average molecular weight is 330 g/mol. The third-order valence-electron chi connectivity index (χ3n) is 3.83. The van der Waals surface area contributed by atoms with E-state index in [1.54, 1.807) is 6.26 Å². The maximum atomic E-state index is 12.1. The summed E-state index contributed by atoms with van der Waals surface area (Å²) in [6.07, 6.45) is 2.40. The van der Waals surface area contributed by atoms with Crippen molar-refractivity contribution in [3.05, 3.63) is 54.0 Å². The van der Waals surface area contributed by atoms with Gasteiger partial charge in [-0.05, 0) is 56.7 Å². The van der Waals surface area contributed by atoms with Crippen LogP contribution in [-0.4, -0.2) is 32.1 Å². The Balaban J connectivity index is 1.66. The normalized spacial score (nSPS) is 10.6. The van der Waals surface area contributed by atoms with Gasteiger partial charge < -0.3 is 19.4 Å². The van der Waals surface area contributed by atoms with Gasteiger partial charge in [-0.25, -0.2) is 0 Å². The number of carbonyl (C=O) groups is 1. The number of amides is 1. The van der Waals surface area contributed by atoms with Crippen LogP contribution in [0.15, 0.2) is 47.1 Å². The van der Waals surface area contributed by atoms with Gasteiger partial charge in [-0.3, -0.25) is 4.79 Å². The van der Waals surface area contributed by atoms with Crippen LogP contribution in [0.5, 0.6) is 0 Å². The summed E-state index contributed by atoms with van der Waals surface area (Å²) >= 11 is 0. The lowest BCUT2D eigenvalue weighted by Crippen LogP contribution is -2.25. The van der Waals surface area contributed by atoms with E-state index in [-0.39, 0.29) is 5.91 Å². The van der Waals surface area contributed by atoms with Crippen LogP contribution in [-0.2, 0) is 11.3 Å². The summed E-state index contributed by atoms with van der Waals surface area (Å²) in [5, 5.41) is 2.91. The van der Waals surface area contributed by atoms with E-state index >= 15 is 0 Å². The highest BCUT2D eigenvalue weighted by Gasteiger charge is 2.06. The number of benzene rings is 1. The topological polar surface area (TPSA) is 54.7 Å². The predicted octanol–water partition coefficient (Wildman–Crippen LogP) is 3.46. The largest absolute Gasteiger partial charge is 0.467 e. The SMILES string of the molecule is CCN(CC)c1ccc(C(=O)NCCCOCc2ccco2)cc1. The molecule has 0 saturated heterocycles. The second kappa shape index (κ2) is 9.78. The number of nitrogens with one attached hydrogen (secondary N) is 1. The average Bonchev–Trinajstić information content (AvgIpc) is 3.13. The molecule has 1 N–H and O–H groups in total. The monoisotopic (exact) mass is 330 g/mol. The zero-order chi connectivity index (χ0) is 17.2. The van der Waals surface area contributed by atoms with Gasteiger partial charge in [0.2, 0.25) is 0 Å². The maximum Gasteiger partial charge on any atom is 0.251 e. The van der Waals surface area contributed by atoms with Crippen molar-refractivity contribution < 1.29 is 13.9 Å². The third kappa shape index (κ3) is 5.42. The van der Waals surface area contributed by atoms with Gasteiger partial charge in [0.25, 0.3) is 5.91 Å². The van der Waals surface area contributed by atoms with Crippen LogP contribution in [0.2, 0.25) is 0 Å². The van der Waals surface area contributed by atoms with Crippen LogP contribution in [0.1, 0.15) is 36.4 Å². The molecular formula is C19H26N2O3. The van der Waals surface area contributed by atoms with Gasteiger partial charge in [0.15, 0.2) is 0 Å². The van der Waals surface area contributed by atoms with Crippen LogP contribution in [0.4, 0.5) is 5.69 Å². The zero-order valence-corrected chi connectivity index (χ0v) is 14.5. The first kappa shape index (κ1) is 18.1. The van der Waals surface area contributed by atoms with E-state index in [9.17, 15) is 4.79 Å². The number of anilines is 1. The van der Waals surface area contributed by atoms with E-state index in [0.717, 1.165) is 31.0 Å². The highest BCUT2D eigenvalue weighted by atomic mass is 16.5. The van der Waals surface area contributed by atoms with Crippen LogP contribution < -0.4 is 10.2 Å². The summed E-state index contributed by atoms with van der Waals surface area (Å²) in [5.74, 6) is 0.763. The van der Waals surface area contributed by atoms with E-state index in [1.807, 2.05) is 36.4 Å². The zero-order valence-electron chi connectivity index (χ0n) is 14.5. The molecule has 0 aliphatic heterocycles. The molecular weight excluding hydrogens is 304 g/mol. The van der Waals surface area contributed by atoms with E-state index in [0.29, 0.717) is 25.3 Å². The molecule has 0 bridgehead atoms. The van der Waals surface area contributed by atoms with E-state index < -0.39 is 0 Å². The molecule has 0 radical (unpaired) electrons. The predicted molar refractivity (Wildman–Crippen MR) is 95.3 cm³/mol. The Kier molecular flexibility index (Phi) is 7.36. The molecule has 2 rings (SSSR count). The van der Waals surface area contributed by atoms with Gasteiger partial charge in [0, 0.05) is 37.5 Å². The number of ether oxygens (including phenoxy) is 1. The summed E-state index contributed by atoms with van der Waals surface area (Å²) in [7, 11) is 0. The van der Waals surface area contributed by atoms with Gasteiger partial charge in [-0.2, -0.15) is 0 Å². The molecule has 0 atom stereocenters. The summed E-state index contributed by atoms with van der Waals surface area (Å²) in [6, 6.07) is 11.4.